The van der Waals surface area contributed by atoms with E-state index >= 15 is 0 Å². The molecule has 0 radical (unpaired) electrons. The van der Waals surface area contributed by atoms with Crippen LogP contribution >= 0.6 is 11.3 Å². The summed E-state index contributed by atoms with van der Waals surface area (Å²) >= 11 is 1.28. The molecule has 4 aromatic rings. The van der Waals surface area contributed by atoms with Gasteiger partial charge in [-0.25, -0.2) is 13.4 Å². The Morgan fingerprint density at radius 2 is 1.97 bits per heavy atom. The number of amides is 1. The third kappa shape index (κ3) is 4.69. The summed E-state index contributed by atoms with van der Waals surface area (Å²) in [5.41, 5.74) is 1.65. The fourth-order valence-corrected chi connectivity index (χ4v) is 6.62. The van der Waals surface area contributed by atoms with E-state index in [1.54, 1.807) is 16.8 Å². The molecule has 10 heteroatoms. The highest BCUT2D eigenvalue weighted by atomic mass is 32.2. The Balaban J connectivity index is 1.29. The van der Waals surface area contributed by atoms with Crippen molar-refractivity contribution in [2.24, 2.45) is 0 Å². The van der Waals surface area contributed by atoms with Crippen molar-refractivity contribution >= 4 is 43.4 Å². The lowest BCUT2D eigenvalue weighted by Crippen LogP contribution is -2.41. The van der Waals surface area contributed by atoms with Gasteiger partial charge in [-0.2, -0.15) is 4.31 Å². The molecular formula is C25H25N3O5S2. The van der Waals surface area contributed by atoms with Crippen LogP contribution in [0.15, 0.2) is 63.2 Å². The third-order valence-corrected chi connectivity index (χ3v) is 8.95. The number of thiazole rings is 1. The standard InChI is InChI=1S/C25H25N3O5S2/c1-16-5-3-4-12-28(16)35(30,31)20-10-7-17(8-11-20)24(29)27-25-26-21(15-34-25)23-13-18-6-9-19(32-2)14-22(18)33-23/h6-11,13-16H,3-5,12H2,1-2H3,(H,26,27,29). The number of nitrogens with one attached hydrogen (secondary N) is 1. The largest absolute Gasteiger partial charge is 0.497 e. The van der Waals surface area contributed by atoms with E-state index < -0.39 is 10.0 Å². The maximum atomic E-state index is 13.0. The first-order valence-corrected chi connectivity index (χ1v) is 13.6. The molecular weight excluding hydrogens is 486 g/mol. The van der Waals surface area contributed by atoms with Gasteiger partial charge in [-0.1, -0.05) is 6.42 Å². The highest BCUT2D eigenvalue weighted by Gasteiger charge is 2.31. The Hall–Kier alpha value is -3.21. The number of benzene rings is 2. The topological polar surface area (TPSA) is 102 Å². The number of anilines is 1. The van der Waals surface area contributed by atoms with Crippen LogP contribution in [0.1, 0.15) is 36.5 Å². The minimum Gasteiger partial charge on any atom is -0.497 e. The van der Waals surface area contributed by atoms with Crippen molar-refractivity contribution in [3.8, 4) is 17.2 Å². The number of aromatic nitrogens is 1. The Morgan fingerprint density at radius 3 is 2.71 bits per heavy atom. The molecule has 5 rings (SSSR count). The third-order valence-electron chi connectivity index (χ3n) is 6.17. The number of ether oxygens (including phenoxy) is 1. The number of carbonyl (C=O) groups is 1. The molecule has 182 valence electrons. The Labute approximate surface area is 207 Å². The molecule has 0 aliphatic carbocycles. The number of sulfonamides is 1. The molecule has 1 fully saturated rings. The summed E-state index contributed by atoms with van der Waals surface area (Å²) in [7, 11) is -1.98. The molecule has 1 aliphatic heterocycles. The highest BCUT2D eigenvalue weighted by molar-refractivity contribution is 7.89. The van der Waals surface area contributed by atoms with Crippen molar-refractivity contribution < 1.29 is 22.4 Å². The number of rotatable bonds is 6. The molecule has 2 aromatic carbocycles. The van der Waals surface area contributed by atoms with E-state index in [9.17, 15) is 13.2 Å². The average Bonchev–Trinajstić information content (AvgIpc) is 3.50. The molecule has 0 bridgehead atoms. The molecule has 1 amide bonds. The number of methoxy groups -OCH3 is 1. The molecule has 0 saturated carbocycles. The van der Waals surface area contributed by atoms with Gasteiger partial charge >= 0.3 is 0 Å². The van der Waals surface area contributed by atoms with Crippen molar-refractivity contribution in [1.82, 2.24) is 9.29 Å². The monoisotopic (exact) mass is 511 g/mol. The predicted octanol–water partition coefficient (Wildman–Crippen LogP) is 5.38. The number of nitrogens with zero attached hydrogens (tertiary/aromatic N) is 2. The van der Waals surface area contributed by atoms with Gasteiger partial charge in [0.1, 0.15) is 17.0 Å². The quantitative estimate of drug-likeness (QED) is 0.373. The zero-order valence-corrected chi connectivity index (χ0v) is 21.0. The molecule has 0 spiro atoms. The summed E-state index contributed by atoms with van der Waals surface area (Å²) in [5.74, 6) is 0.927. The number of furan rings is 1. The molecule has 2 aromatic heterocycles. The van der Waals surface area contributed by atoms with E-state index in [0.717, 1.165) is 24.6 Å². The Bertz CT molecular complexity index is 1470. The van der Waals surface area contributed by atoms with Crippen molar-refractivity contribution in [3.63, 3.8) is 0 Å². The van der Waals surface area contributed by atoms with Gasteiger partial charge in [-0.15, -0.1) is 11.3 Å². The zero-order chi connectivity index (χ0) is 24.6. The minimum atomic E-state index is -3.58. The molecule has 1 aliphatic rings. The SMILES string of the molecule is COc1ccc2cc(-c3csc(NC(=O)c4ccc(S(=O)(=O)N5CCCCC5C)cc4)n3)oc2c1. The fourth-order valence-electron chi connectivity index (χ4n) is 4.22. The van der Waals surface area contributed by atoms with Crippen LogP contribution in [0.2, 0.25) is 0 Å². The van der Waals surface area contributed by atoms with Gasteiger partial charge in [0.15, 0.2) is 10.9 Å². The molecule has 1 saturated heterocycles. The van der Waals surface area contributed by atoms with Crippen LogP contribution in [0.4, 0.5) is 5.13 Å². The second-order valence-corrected chi connectivity index (χ2v) is 11.2. The van der Waals surface area contributed by atoms with Crippen LogP contribution < -0.4 is 10.1 Å². The first-order valence-electron chi connectivity index (χ1n) is 11.3. The van der Waals surface area contributed by atoms with Crippen molar-refractivity contribution in [3.05, 3.63) is 59.5 Å². The lowest BCUT2D eigenvalue weighted by Gasteiger charge is -2.32. The number of fused-ring (bicyclic) bond motifs is 1. The maximum absolute atomic E-state index is 13.0. The van der Waals surface area contributed by atoms with E-state index in [1.165, 1.54) is 35.6 Å². The van der Waals surface area contributed by atoms with Gasteiger partial charge in [0.2, 0.25) is 10.0 Å². The predicted molar refractivity (Wildman–Crippen MR) is 135 cm³/mol. The van der Waals surface area contributed by atoms with E-state index in [-0.39, 0.29) is 16.8 Å². The summed E-state index contributed by atoms with van der Waals surface area (Å²) in [5, 5.41) is 5.92. The van der Waals surface area contributed by atoms with E-state index in [2.05, 4.69) is 10.3 Å². The van der Waals surface area contributed by atoms with E-state index in [1.807, 2.05) is 31.2 Å². The smallest absolute Gasteiger partial charge is 0.257 e. The van der Waals surface area contributed by atoms with Crippen LogP contribution in [-0.4, -0.2) is 43.3 Å². The minimum absolute atomic E-state index is 0.0235. The second-order valence-electron chi connectivity index (χ2n) is 8.49. The maximum Gasteiger partial charge on any atom is 0.257 e. The Morgan fingerprint density at radius 1 is 1.17 bits per heavy atom. The lowest BCUT2D eigenvalue weighted by molar-refractivity contribution is 0.102. The van der Waals surface area contributed by atoms with Crippen molar-refractivity contribution in [1.29, 1.82) is 0 Å². The Kier molecular flexibility index (Phi) is 6.35. The number of hydrogen-bond donors (Lipinski definition) is 1. The number of carbonyl (C=O) groups excluding carboxylic acids is 1. The summed E-state index contributed by atoms with van der Waals surface area (Å²) in [6, 6.07) is 13.5. The van der Waals surface area contributed by atoms with Crippen LogP contribution in [-0.2, 0) is 10.0 Å². The molecule has 1 unspecified atom stereocenters. The summed E-state index contributed by atoms with van der Waals surface area (Å²) in [4.78, 5) is 17.4. The first kappa shape index (κ1) is 23.5. The molecule has 1 N–H and O–H groups in total. The van der Waals surface area contributed by atoms with E-state index in [0.29, 0.717) is 40.0 Å². The lowest BCUT2D eigenvalue weighted by atomic mass is 10.1. The summed E-state index contributed by atoms with van der Waals surface area (Å²) < 4.78 is 38.7. The average molecular weight is 512 g/mol. The van der Waals surface area contributed by atoms with Crippen LogP contribution in [0.3, 0.4) is 0 Å². The van der Waals surface area contributed by atoms with Crippen molar-refractivity contribution in [2.75, 3.05) is 19.0 Å². The van der Waals surface area contributed by atoms with Crippen LogP contribution in [0.25, 0.3) is 22.4 Å². The van der Waals surface area contributed by atoms with Gasteiger partial charge in [-0.3, -0.25) is 10.1 Å². The van der Waals surface area contributed by atoms with Crippen molar-refractivity contribution in [2.45, 2.75) is 37.1 Å². The second kappa shape index (κ2) is 9.44. The normalized spacial score (nSPS) is 16.9. The summed E-state index contributed by atoms with van der Waals surface area (Å²) in [6.45, 7) is 2.46. The molecule has 35 heavy (non-hydrogen) atoms. The number of piperidine rings is 1. The van der Waals surface area contributed by atoms with Crippen LogP contribution in [0, 0.1) is 0 Å². The first-order chi connectivity index (χ1) is 16.8. The highest BCUT2D eigenvalue weighted by Crippen LogP contribution is 2.32. The van der Waals surface area contributed by atoms with Gasteiger partial charge in [0, 0.05) is 35.0 Å². The molecule has 1 atom stereocenters. The molecule has 8 nitrogen and oxygen atoms in total. The summed E-state index contributed by atoms with van der Waals surface area (Å²) in [6.07, 6.45) is 2.76. The van der Waals surface area contributed by atoms with Gasteiger partial charge in [0.25, 0.3) is 5.91 Å². The van der Waals surface area contributed by atoms with Crippen LogP contribution in [0.5, 0.6) is 5.75 Å². The fraction of sp³-hybridized carbons (Fsp3) is 0.280. The van der Waals surface area contributed by atoms with E-state index in [4.69, 9.17) is 9.15 Å². The van der Waals surface area contributed by atoms with Gasteiger partial charge in [-0.05, 0) is 62.2 Å². The van der Waals surface area contributed by atoms with Gasteiger partial charge < -0.3 is 9.15 Å². The zero-order valence-electron chi connectivity index (χ0n) is 19.4. The van der Waals surface area contributed by atoms with Gasteiger partial charge in [0.05, 0.1) is 12.0 Å². The molecule has 3 heterocycles. The number of hydrogen-bond acceptors (Lipinski definition) is 7.